The molecule has 8 nitrogen and oxygen atoms in total. The van der Waals surface area contributed by atoms with Gasteiger partial charge in [0.1, 0.15) is 13.2 Å². The second-order valence-electron chi connectivity index (χ2n) is 7.12. The fourth-order valence-corrected chi connectivity index (χ4v) is 3.82. The maximum Gasteiger partial charge on any atom is 0.230 e. The van der Waals surface area contributed by atoms with E-state index in [1.54, 1.807) is 0 Å². The molecule has 1 aliphatic carbocycles. The standard InChI is InChI=1S/C18H23N5O3S/c1-11(2)17(12-3-6-14-15(9-12)26-8-7-25-14)19-16(24)10-27-18-20-21-22-23(18)13-4-5-13/h3,6,9,11,13,17H,4-5,7-8,10H2,1-2H3,(H,19,24)/t17-/m1/s1. The van der Waals surface area contributed by atoms with Crippen molar-refractivity contribution in [3.05, 3.63) is 23.8 Å². The summed E-state index contributed by atoms with van der Waals surface area (Å²) in [4.78, 5) is 12.5. The molecule has 2 aliphatic rings. The average molecular weight is 389 g/mol. The van der Waals surface area contributed by atoms with Crippen LogP contribution in [-0.2, 0) is 4.79 Å². The molecule has 1 aromatic carbocycles. The van der Waals surface area contributed by atoms with Crippen molar-refractivity contribution < 1.29 is 14.3 Å². The van der Waals surface area contributed by atoms with E-state index in [-0.39, 0.29) is 23.6 Å². The summed E-state index contributed by atoms with van der Waals surface area (Å²) in [6.45, 7) is 5.28. The van der Waals surface area contributed by atoms with Gasteiger partial charge in [0, 0.05) is 0 Å². The second kappa shape index (κ2) is 7.75. The average Bonchev–Trinajstić information content (AvgIpc) is 3.41. The van der Waals surface area contributed by atoms with Crippen LogP contribution in [0.5, 0.6) is 11.5 Å². The van der Waals surface area contributed by atoms with Crippen LogP contribution in [0.4, 0.5) is 0 Å². The van der Waals surface area contributed by atoms with E-state index >= 15 is 0 Å². The third-order valence-electron chi connectivity index (χ3n) is 4.60. The molecule has 27 heavy (non-hydrogen) atoms. The third-order valence-corrected chi connectivity index (χ3v) is 5.53. The Morgan fingerprint density at radius 1 is 1.30 bits per heavy atom. The number of amides is 1. The molecular formula is C18H23N5O3S. The summed E-state index contributed by atoms with van der Waals surface area (Å²) in [5.41, 5.74) is 1.01. The molecule has 1 saturated carbocycles. The van der Waals surface area contributed by atoms with Crippen molar-refractivity contribution in [3.63, 3.8) is 0 Å². The zero-order chi connectivity index (χ0) is 18.8. The normalized spacial score (nSPS) is 17.0. The van der Waals surface area contributed by atoms with Crippen LogP contribution in [-0.4, -0.2) is 45.1 Å². The van der Waals surface area contributed by atoms with Crippen molar-refractivity contribution in [1.29, 1.82) is 0 Å². The molecule has 1 aliphatic heterocycles. The molecule has 0 bridgehead atoms. The number of hydrogen-bond donors (Lipinski definition) is 1. The van der Waals surface area contributed by atoms with E-state index in [4.69, 9.17) is 9.47 Å². The highest BCUT2D eigenvalue weighted by molar-refractivity contribution is 7.99. The van der Waals surface area contributed by atoms with E-state index in [0.29, 0.717) is 24.4 Å². The molecule has 1 amide bonds. The molecule has 1 aromatic heterocycles. The van der Waals surface area contributed by atoms with Crippen LogP contribution < -0.4 is 14.8 Å². The van der Waals surface area contributed by atoms with Crippen molar-refractivity contribution in [2.24, 2.45) is 5.92 Å². The Morgan fingerprint density at radius 3 is 2.81 bits per heavy atom. The van der Waals surface area contributed by atoms with Crippen molar-refractivity contribution >= 4 is 17.7 Å². The molecule has 0 saturated heterocycles. The van der Waals surface area contributed by atoms with Gasteiger partial charge in [-0.25, -0.2) is 4.68 Å². The smallest absolute Gasteiger partial charge is 0.230 e. The lowest BCUT2D eigenvalue weighted by Gasteiger charge is -2.25. The lowest BCUT2D eigenvalue weighted by Crippen LogP contribution is -2.33. The first kappa shape index (κ1) is 18.1. The Bertz CT molecular complexity index is 821. The number of aromatic nitrogens is 4. The van der Waals surface area contributed by atoms with Gasteiger partial charge in [-0.2, -0.15) is 0 Å². The number of rotatable bonds is 7. The van der Waals surface area contributed by atoms with Gasteiger partial charge in [0.05, 0.1) is 17.8 Å². The Labute approximate surface area is 162 Å². The summed E-state index contributed by atoms with van der Waals surface area (Å²) in [7, 11) is 0. The quantitative estimate of drug-likeness (QED) is 0.727. The highest BCUT2D eigenvalue weighted by atomic mass is 32.2. The number of thioether (sulfide) groups is 1. The number of hydrogen-bond acceptors (Lipinski definition) is 7. The van der Waals surface area contributed by atoms with Crippen LogP contribution in [0, 0.1) is 5.92 Å². The van der Waals surface area contributed by atoms with Crippen LogP contribution in [0.15, 0.2) is 23.4 Å². The van der Waals surface area contributed by atoms with Gasteiger partial charge >= 0.3 is 0 Å². The number of fused-ring (bicyclic) bond motifs is 1. The number of ether oxygens (including phenoxy) is 2. The number of tetrazole rings is 1. The maximum atomic E-state index is 12.5. The van der Waals surface area contributed by atoms with Crippen LogP contribution in [0.25, 0.3) is 0 Å². The Morgan fingerprint density at radius 2 is 2.07 bits per heavy atom. The minimum Gasteiger partial charge on any atom is -0.486 e. The molecule has 0 spiro atoms. The number of benzene rings is 1. The minimum atomic E-state index is -0.103. The van der Waals surface area contributed by atoms with E-state index in [2.05, 4.69) is 34.7 Å². The van der Waals surface area contributed by atoms with E-state index in [1.807, 2.05) is 22.9 Å². The molecule has 2 heterocycles. The number of carbonyl (C=O) groups excluding carboxylic acids is 1. The SMILES string of the molecule is CC(C)[C@@H](NC(=O)CSc1nnnn1C1CC1)c1ccc2c(c1)OCCO2. The van der Waals surface area contributed by atoms with Gasteiger partial charge in [-0.05, 0) is 46.9 Å². The number of nitrogens with one attached hydrogen (secondary N) is 1. The highest BCUT2D eigenvalue weighted by Gasteiger charge is 2.28. The first-order chi connectivity index (χ1) is 13.1. The fourth-order valence-electron chi connectivity index (χ4n) is 3.06. The molecule has 1 N–H and O–H groups in total. The summed E-state index contributed by atoms with van der Waals surface area (Å²) in [5, 5.41) is 15.6. The number of nitrogens with zero attached hydrogens (tertiary/aromatic N) is 4. The maximum absolute atomic E-state index is 12.5. The first-order valence-corrected chi connectivity index (χ1v) is 10.2. The molecule has 144 valence electrons. The van der Waals surface area contributed by atoms with Gasteiger partial charge in [-0.1, -0.05) is 31.7 Å². The summed E-state index contributed by atoms with van der Waals surface area (Å²) >= 11 is 1.37. The Balaban J connectivity index is 1.40. The molecule has 0 radical (unpaired) electrons. The summed E-state index contributed by atoms with van der Waals surface area (Å²) in [5.74, 6) is 1.95. The fraction of sp³-hybridized carbons (Fsp3) is 0.556. The van der Waals surface area contributed by atoms with Gasteiger partial charge in [-0.3, -0.25) is 4.79 Å². The second-order valence-corrected chi connectivity index (χ2v) is 8.06. The molecule has 2 aromatic rings. The third kappa shape index (κ3) is 4.18. The predicted molar refractivity (Wildman–Crippen MR) is 100.0 cm³/mol. The summed E-state index contributed by atoms with van der Waals surface area (Å²) < 4.78 is 13.1. The van der Waals surface area contributed by atoms with Crippen LogP contribution >= 0.6 is 11.8 Å². The van der Waals surface area contributed by atoms with E-state index in [1.165, 1.54) is 11.8 Å². The summed E-state index contributed by atoms with van der Waals surface area (Å²) in [6, 6.07) is 6.14. The monoisotopic (exact) mass is 389 g/mol. The Hall–Kier alpha value is -2.29. The van der Waals surface area contributed by atoms with Crippen LogP contribution in [0.2, 0.25) is 0 Å². The zero-order valence-corrected chi connectivity index (χ0v) is 16.2. The van der Waals surface area contributed by atoms with Gasteiger partial charge in [-0.15, -0.1) is 5.10 Å². The molecule has 0 unspecified atom stereocenters. The van der Waals surface area contributed by atoms with Crippen LogP contribution in [0.1, 0.15) is 44.3 Å². The topological polar surface area (TPSA) is 91.2 Å². The van der Waals surface area contributed by atoms with Crippen molar-refractivity contribution in [3.8, 4) is 11.5 Å². The molecule has 1 fully saturated rings. The van der Waals surface area contributed by atoms with Crippen LogP contribution in [0.3, 0.4) is 0 Å². The molecule has 4 rings (SSSR count). The molecule has 1 atom stereocenters. The zero-order valence-electron chi connectivity index (χ0n) is 15.4. The van der Waals surface area contributed by atoms with E-state index in [0.717, 1.165) is 29.9 Å². The lowest BCUT2D eigenvalue weighted by molar-refractivity contribution is -0.119. The highest BCUT2D eigenvalue weighted by Crippen LogP contribution is 2.37. The Kier molecular flexibility index (Phi) is 5.20. The predicted octanol–water partition coefficient (Wildman–Crippen LogP) is 2.38. The van der Waals surface area contributed by atoms with Gasteiger partial charge in [0.25, 0.3) is 0 Å². The van der Waals surface area contributed by atoms with Gasteiger partial charge in [0.2, 0.25) is 11.1 Å². The summed E-state index contributed by atoms with van der Waals surface area (Å²) in [6.07, 6.45) is 2.20. The van der Waals surface area contributed by atoms with Crippen molar-refractivity contribution in [1.82, 2.24) is 25.5 Å². The number of carbonyl (C=O) groups is 1. The van der Waals surface area contributed by atoms with E-state index < -0.39 is 0 Å². The van der Waals surface area contributed by atoms with E-state index in [9.17, 15) is 4.79 Å². The lowest BCUT2D eigenvalue weighted by atomic mass is 9.95. The molecular weight excluding hydrogens is 366 g/mol. The molecule has 9 heteroatoms. The largest absolute Gasteiger partial charge is 0.486 e. The van der Waals surface area contributed by atoms with Gasteiger partial charge in [0.15, 0.2) is 11.5 Å². The minimum absolute atomic E-state index is 0.0427. The van der Waals surface area contributed by atoms with Crippen molar-refractivity contribution in [2.45, 2.75) is 43.9 Å². The van der Waals surface area contributed by atoms with Crippen molar-refractivity contribution in [2.75, 3.05) is 19.0 Å². The van der Waals surface area contributed by atoms with Gasteiger partial charge < -0.3 is 14.8 Å². The first-order valence-electron chi connectivity index (χ1n) is 9.21.